The van der Waals surface area contributed by atoms with E-state index in [1.165, 1.54) is 12.1 Å². The third-order valence-corrected chi connectivity index (χ3v) is 6.53. The van der Waals surface area contributed by atoms with E-state index >= 15 is 0 Å². The SMILES string of the molecule is C=CCn1cc(CN2CCC(C[C@@H]3CC(c4cccc(F)c4)=NO3)(C(=O)O)CC2)c(C)n1. The van der Waals surface area contributed by atoms with Gasteiger partial charge in [-0.25, -0.2) is 4.39 Å². The van der Waals surface area contributed by atoms with Crippen LogP contribution in [0.25, 0.3) is 0 Å². The Morgan fingerprint density at radius 1 is 1.41 bits per heavy atom. The molecule has 1 aromatic heterocycles. The minimum absolute atomic E-state index is 0.310. The van der Waals surface area contributed by atoms with Crippen LogP contribution in [0.3, 0.4) is 0 Å². The van der Waals surface area contributed by atoms with Gasteiger partial charge in [-0.15, -0.1) is 6.58 Å². The van der Waals surface area contributed by atoms with Crippen LogP contribution in [0.1, 0.15) is 42.5 Å². The van der Waals surface area contributed by atoms with E-state index in [-0.39, 0.29) is 11.9 Å². The fraction of sp³-hybridized carbons (Fsp3) is 0.458. The maximum absolute atomic E-state index is 13.5. The van der Waals surface area contributed by atoms with Gasteiger partial charge in [-0.05, 0) is 45.0 Å². The maximum Gasteiger partial charge on any atom is 0.309 e. The Labute approximate surface area is 187 Å². The number of aromatic nitrogens is 2. The highest BCUT2D eigenvalue weighted by Crippen LogP contribution is 2.39. The van der Waals surface area contributed by atoms with Gasteiger partial charge in [0, 0.05) is 36.7 Å². The first kappa shape index (κ1) is 22.2. The first-order valence-corrected chi connectivity index (χ1v) is 11.0. The minimum Gasteiger partial charge on any atom is -0.481 e. The van der Waals surface area contributed by atoms with Crippen molar-refractivity contribution in [2.45, 2.75) is 51.8 Å². The molecule has 1 aromatic carbocycles. The molecule has 2 aromatic rings. The summed E-state index contributed by atoms with van der Waals surface area (Å²) >= 11 is 0. The number of piperidine rings is 1. The Kier molecular flexibility index (Phi) is 6.41. The van der Waals surface area contributed by atoms with Gasteiger partial charge in [0.25, 0.3) is 0 Å². The van der Waals surface area contributed by atoms with Crippen LogP contribution >= 0.6 is 0 Å². The summed E-state index contributed by atoms with van der Waals surface area (Å²) in [5, 5.41) is 18.7. The summed E-state index contributed by atoms with van der Waals surface area (Å²) in [6, 6.07) is 6.24. The zero-order chi connectivity index (χ0) is 22.7. The molecule has 1 saturated heterocycles. The Balaban J connectivity index is 1.36. The van der Waals surface area contributed by atoms with Crippen LogP contribution in [0.4, 0.5) is 4.39 Å². The number of hydrogen-bond donors (Lipinski definition) is 1. The van der Waals surface area contributed by atoms with Crippen molar-refractivity contribution in [1.29, 1.82) is 0 Å². The summed E-state index contributed by atoms with van der Waals surface area (Å²) in [5.74, 6) is -1.11. The van der Waals surface area contributed by atoms with Crippen molar-refractivity contribution < 1.29 is 19.1 Å². The molecule has 1 atom stereocenters. The number of carboxylic acid groups (broad SMARTS) is 1. The number of allylic oxidation sites excluding steroid dienone is 1. The summed E-state index contributed by atoms with van der Waals surface area (Å²) < 4.78 is 15.4. The lowest BCUT2D eigenvalue weighted by molar-refractivity contribution is -0.155. The summed E-state index contributed by atoms with van der Waals surface area (Å²) in [6.07, 6.45) is 5.53. The molecule has 0 aliphatic carbocycles. The highest BCUT2D eigenvalue weighted by atomic mass is 19.1. The second kappa shape index (κ2) is 9.24. The molecular formula is C24H29FN4O3. The minimum atomic E-state index is -0.837. The molecule has 0 radical (unpaired) electrons. The first-order chi connectivity index (χ1) is 15.4. The van der Waals surface area contributed by atoms with E-state index in [0.717, 1.165) is 17.8 Å². The van der Waals surface area contributed by atoms with Crippen LogP contribution in [-0.2, 0) is 22.7 Å². The predicted molar refractivity (Wildman–Crippen MR) is 119 cm³/mol. The van der Waals surface area contributed by atoms with E-state index < -0.39 is 11.4 Å². The normalized spacial score (nSPS) is 20.6. The van der Waals surface area contributed by atoms with E-state index in [1.54, 1.807) is 12.1 Å². The lowest BCUT2D eigenvalue weighted by Gasteiger charge is -2.39. The highest BCUT2D eigenvalue weighted by Gasteiger charge is 2.45. The second-order valence-electron chi connectivity index (χ2n) is 8.80. The van der Waals surface area contributed by atoms with Gasteiger partial charge in [-0.2, -0.15) is 5.10 Å². The molecule has 0 amide bonds. The molecule has 1 N–H and O–H groups in total. The fourth-order valence-corrected chi connectivity index (χ4v) is 4.64. The van der Waals surface area contributed by atoms with Crippen LogP contribution < -0.4 is 0 Å². The van der Waals surface area contributed by atoms with Gasteiger partial charge >= 0.3 is 5.97 Å². The number of rotatable bonds is 8. The molecule has 0 spiro atoms. The third kappa shape index (κ3) is 4.75. The number of carbonyl (C=O) groups is 1. The zero-order valence-electron chi connectivity index (χ0n) is 18.3. The lowest BCUT2D eigenvalue weighted by Crippen LogP contribution is -2.45. The molecule has 7 nitrogen and oxygen atoms in total. The fourth-order valence-electron chi connectivity index (χ4n) is 4.64. The van der Waals surface area contributed by atoms with Crippen LogP contribution in [0.5, 0.6) is 0 Å². The number of benzene rings is 1. The van der Waals surface area contributed by atoms with Gasteiger partial charge in [-0.3, -0.25) is 14.4 Å². The molecule has 3 heterocycles. The molecule has 4 rings (SSSR count). The monoisotopic (exact) mass is 440 g/mol. The van der Waals surface area contributed by atoms with Crippen LogP contribution in [-0.4, -0.2) is 50.7 Å². The van der Waals surface area contributed by atoms with Crippen molar-refractivity contribution >= 4 is 11.7 Å². The average molecular weight is 441 g/mol. The number of aliphatic carboxylic acids is 1. The van der Waals surface area contributed by atoms with E-state index in [9.17, 15) is 14.3 Å². The molecule has 32 heavy (non-hydrogen) atoms. The number of aryl methyl sites for hydroxylation is 1. The molecule has 2 aliphatic heterocycles. The topological polar surface area (TPSA) is 80.0 Å². The number of carboxylic acids is 1. The average Bonchev–Trinajstić information content (AvgIpc) is 3.36. The molecule has 0 unspecified atom stereocenters. The van der Waals surface area contributed by atoms with Crippen LogP contribution in [0.15, 0.2) is 48.3 Å². The number of oxime groups is 1. The molecule has 170 valence electrons. The second-order valence-corrected chi connectivity index (χ2v) is 8.80. The van der Waals surface area contributed by atoms with Crippen molar-refractivity contribution in [3.8, 4) is 0 Å². The Morgan fingerprint density at radius 2 is 2.19 bits per heavy atom. The predicted octanol–water partition coefficient (Wildman–Crippen LogP) is 3.77. The third-order valence-electron chi connectivity index (χ3n) is 6.53. The molecule has 0 saturated carbocycles. The van der Waals surface area contributed by atoms with E-state index in [0.29, 0.717) is 56.6 Å². The molecular weight excluding hydrogens is 411 g/mol. The summed E-state index contributed by atoms with van der Waals surface area (Å²) in [6.45, 7) is 8.56. The smallest absolute Gasteiger partial charge is 0.309 e. The van der Waals surface area contributed by atoms with Gasteiger partial charge in [-0.1, -0.05) is 23.4 Å². The molecule has 8 heteroatoms. The van der Waals surface area contributed by atoms with E-state index in [2.05, 4.69) is 21.7 Å². The number of halogens is 1. The van der Waals surface area contributed by atoms with Gasteiger partial charge < -0.3 is 9.94 Å². The standard InChI is InChI=1S/C24H29FN4O3/c1-3-9-29-16-19(17(2)26-29)15-28-10-7-24(8-11-28,23(30)31)14-21-13-22(27-32-21)18-5-4-6-20(25)12-18/h3-6,12,16,21H,1,7-11,13-15H2,2H3,(H,30,31)/t21-/m0/s1. The van der Waals surface area contributed by atoms with Gasteiger partial charge in [0.15, 0.2) is 0 Å². The van der Waals surface area contributed by atoms with Gasteiger partial charge in [0.2, 0.25) is 0 Å². The maximum atomic E-state index is 13.5. The summed E-state index contributed by atoms with van der Waals surface area (Å²) in [4.78, 5) is 20.1. The molecule has 2 aliphatic rings. The lowest BCUT2D eigenvalue weighted by atomic mass is 9.73. The number of likely N-dealkylation sites (tertiary alicyclic amines) is 1. The Hall–Kier alpha value is -3.00. The molecule has 0 bridgehead atoms. The highest BCUT2D eigenvalue weighted by molar-refractivity contribution is 6.01. The summed E-state index contributed by atoms with van der Waals surface area (Å²) in [5.41, 5.74) is 2.65. The zero-order valence-corrected chi connectivity index (χ0v) is 18.3. The Morgan fingerprint density at radius 3 is 2.88 bits per heavy atom. The summed E-state index contributed by atoms with van der Waals surface area (Å²) in [7, 11) is 0. The number of nitrogens with zero attached hydrogens (tertiary/aromatic N) is 4. The largest absolute Gasteiger partial charge is 0.481 e. The van der Waals surface area contributed by atoms with E-state index in [4.69, 9.17) is 4.84 Å². The van der Waals surface area contributed by atoms with Crippen molar-refractivity contribution in [3.05, 3.63) is 65.8 Å². The number of hydrogen-bond acceptors (Lipinski definition) is 5. The quantitative estimate of drug-likeness (QED) is 0.632. The van der Waals surface area contributed by atoms with Crippen molar-refractivity contribution in [1.82, 2.24) is 14.7 Å². The first-order valence-electron chi connectivity index (χ1n) is 11.0. The van der Waals surface area contributed by atoms with E-state index in [1.807, 2.05) is 23.9 Å². The van der Waals surface area contributed by atoms with Crippen molar-refractivity contribution in [2.24, 2.45) is 10.6 Å². The van der Waals surface area contributed by atoms with Gasteiger partial charge in [0.1, 0.15) is 11.9 Å². The molecule has 1 fully saturated rings. The van der Waals surface area contributed by atoms with Crippen LogP contribution in [0.2, 0.25) is 0 Å². The Bertz CT molecular complexity index is 1020. The van der Waals surface area contributed by atoms with Crippen molar-refractivity contribution in [2.75, 3.05) is 13.1 Å². The van der Waals surface area contributed by atoms with Gasteiger partial charge in [0.05, 0.1) is 23.4 Å². The van der Waals surface area contributed by atoms with Crippen LogP contribution in [0, 0.1) is 18.2 Å². The van der Waals surface area contributed by atoms with Crippen molar-refractivity contribution in [3.63, 3.8) is 0 Å².